The Labute approximate surface area is 128 Å². The lowest BCUT2D eigenvalue weighted by Crippen LogP contribution is -2.14. The molecule has 3 N–H and O–H groups in total. The Hall–Kier alpha value is -2.23. The molecule has 2 aromatic rings. The number of nitriles is 1. The summed E-state index contributed by atoms with van der Waals surface area (Å²) < 4.78 is 27.1. The molecule has 0 aliphatic rings. The van der Waals surface area contributed by atoms with E-state index in [1.165, 1.54) is 36.4 Å². The molecule has 5 nitrogen and oxygen atoms in total. The quantitative estimate of drug-likeness (QED) is 0.849. The standard InChI is InChI=1S/C14H12ClN3O2S/c1-9-6-10(8-16)2-5-14(9)21(19,20)18-11-3-4-12(15)13(17)7-11/h2-7,18H,17H2,1H3. The van der Waals surface area contributed by atoms with Crippen molar-refractivity contribution >= 4 is 33.0 Å². The number of hydrogen-bond acceptors (Lipinski definition) is 4. The van der Waals surface area contributed by atoms with Crippen LogP contribution >= 0.6 is 11.6 Å². The number of sulfonamides is 1. The zero-order chi connectivity index (χ0) is 15.6. The van der Waals surface area contributed by atoms with Crippen molar-refractivity contribution in [3.63, 3.8) is 0 Å². The topological polar surface area (TPSA) is 96.0 Å². The van der Waals surface area contributed by atoms with Crippen LogP contribution in [0.15, 0.2) is 41.3 Å². The fraction of sp³-hybridized carbons (Fsp3) is 0.0714. The molecule has 108 valence electrons. The van der Waals surface area contributed by atoms with Gasteiger partial charge in [-0.3, -0.25) is 4.72 Å². The van der Waals surface area contributed by atoms with Gasteiger partial charge in [0.25, 0.3) is 10.0 Å². The predicted octanol–water partition coefficient (Wildman–Crippen LogP) is 2.90. The summed E-state index contributed by atoms with van der Waals surface area (Å²) in [4.78, 5) is 0.107. The molecule has 0 aromatic heterocycles. The van der Waals surface area contributed by atoms with Gasteiger partial charge in [0.2, 0.25) is 0 Å². The third kappa shape index (κ3) is 3.27. The summed E-state index contributed by atoms with van der Waals surface area (Å²) in [5, 5.41) is 9.16. The SMILES string of the molecule is Cc1cc(C#N)ccc1S(=O)(=O)Nc1ccc(Cl)c(N)c1. The van der Waals surface area contributed by atoms with Crippen molar-refractivity contribution in [2.45, 2.75) is 11.8 Å². The highest BCUT2D eigenvalue weighted by atomic mass is 35.5. The summed E-state index contributed by atoms with van der Waals surface area (Å²) in [6.07, 6.45) is 0. The first-order valence-corrected chi connectivity index (χ1v) is 7.78. The maximum atomic E-state index is 12.4. The minimum atomic E-state index is -3.76. The molecule has 0 saturated carbocycles. The molecule has 0 fully saturated rings. The molecule has 7 heteroatoms. The third-order valence-electron chi connectivity index (χ3n) is 2.84. The molecule has 0 saturated heterocycles. The molecule has 0 unspecified atom stereocenters. The van der Waals surface area contributed by atoms with Crippen LogP contribution in [0.4, 0.5) is 11.4 Å². The zero-order valence-electron chi connectivity index (χ0n) is 11.1. The first-order chi connectivity index (χ1) is 9.83. The van der Waals surface area contributed by atoms with E-state index in [1.807, 2.05) is 6.07 Å². The first kappa shape index (κ1) is 15.2. The van der Waals surface area contributed by atoms with Gasteiger partial charge in [-0.2, -0.15) is 5.26 Å². The third-order valence-corrected chi connectivity index (χ3v) is 4.73. The Balaban J connectivity index is 2.38. The summed E-state index contributed by atoms with van der Waals surface area (Å²) in [5.74, 6) is 0. The average molecular weight is 322 g/mol. The van der Waals surface area contributed by atoms with E-state index in [0.717, 1.165) is 0 Å². The number of nitrogens with one attached hydrogen (secondary N) is 1. The summed E-state index contributed by atoms with van der Waals surface area (Å²) in [5.41, 5.74) is 7.14. The molecule has 0 radical (unpaired) electrons. The molecule has 0 aliphatic carbocycles. The molecule has 0 atom stereocenters. The van der Waals surface area contributed by atoms with Gasteiger partial charge in [-0.05, 0) is 48.9 Å². The van der Waals surface area contributed by atoms with Crippen LogP contribution in [0.3, 0.4) is 0 Å². The number of anilines is 2. The van der Waals surface area contributed by atoms with Gasteiger partial charge >= 0.3 is 0 Å². The van der Waals surface area contributed by atoms with Crippen LogP contribution in [0.1, 0.15) is 11.1 Å². The van der Waals surface area contributed by atoms with Crippen molar-refractivity contribution in [2.24, 2.45) is 0 Å². The van der Waals surface area contributed by atoms with Gasteiger partial charge in [0, 0.05) is 0 Å². The smallest absolute Gasteiger partial charge is 0.262 e. The van der Waals surface area contributed by atoms with E-state index >= 15 is 0 Å². The molecule has 0 heterocycles. The molecule has 0 bridgehead atoms. The summed E-state index contributed by atoms with van der Waals surface area (Å²) in [6, 6.07) is 10.8. The Morgan fingerprint density at radius 3 is 2.52 bits per heavy atom. The highest BCUT2D eigenvalue weighted by Gasteiger charge is 2.17. The monoisotopic (exact) mass is 321 g/mol. The first-order valence-electron chi connectivity index (χ1n) is 5.92. The lowest BCUT2D eigenvalue weighted by atomic mass is 10.2. The van der Waals surface area contributed by atoms with Crippen LogP contribution in [0, 0.1) is 18.3 Å². The van der Waals surface area contributed by atoms with Crippen molar-refractivity contribution < 1.29 is 8.42 Å². The normalized spacial score (nSPS) is 10.9. The summed E-state index contributed by atoms with van der Waals surface area (Å²) >= 11 is 5.79. The van der Waals surface area contributed by atoms with Crippen LogP contribution in [-0.4, -0.2) is 8.42 Å². The molecule has 0 spiro atoms. The number of nitrogens with two attached hydrogens (primary N) is 1. The lowest BCUT2D eigenvalue weighted by Gasteiger charge is -2.11. The van der Waals surface area contributed by atoms with Crippen molar-refractivity contribution in [2.75, 3.05) is 10.5 Å². The van der Waals surface area contributed by atoms with Gasteiger partial charge in [0.15, 0.2) is 0 Å². The highest BCUT2D eigenvalue weighted by Crippen LogP contribution is 2.25. The Bertz CT molecular complexity index is 842. The number of halogens is 1. The van der Waals surface area contributed by atoms with Gasteiger partial charge in [-0.1, -0.05) is 11.6 Å². The Kier molecular flexibility index (Phi) is 4.07. The minimum absolute atomic E-state index is 0.107. The van der Waals surface area contributed by atoms with Gasteiger partial charge in [-0.25, -0.2) is 8.42 Å². The van der Waals surface area contributed by atoms with Crippen LogP contribution < -0.4 is 10.5 Å². The summed E-state index contributed by atoms with van der Waals surface area (Å²) in [7, 11) is -3.76. The fourth-order valence-corrected chi connectivity index (χ4v) is 3.23. The van der Waals surface area contributed by atoms with Crippen molar-refractivity contribution in [3.8, 4) is 6.07 Å². The van der Waals surface area contributed by atoms with E-state index in [9.17, 15) is 8.42 Å². The number of aryl methyl sites for hydroxylation is 1. The second-order valence-corrected chi connectivity index (χ2v) is 6.49. The van der Waals surface area contributed by atoms with E-state index < -0.39 is 10.0 Å². The molecular weight excluding hydrogens is 310 g/mol. The molecule has 21 heavy (non-hydrogen) atoms. The van der Waals surface area contributed by atoms with E-state index in [2.05, 4.69) is 4.72 Å². The maximum Gasteiger partial charge on any atom is 0.262 e. The van der Waals surface area contributed by atoms with E-state index in [0.29, 0.717) is 21.8 Å². The van der Waals surface area contributed by atoms with Crippen molar-refractivity contribution in [1.82, 2.24) is 0 Å². The van der Waals surface area contributed by atoms with Crippen LogP contribution in [0.25, 0.3) is 0 Å². The van der Waals surface area contributed by atoms with Crippen molar-refractivity contribution in [3.05, 3.63) is 52.5 Å². The largest absolute Gasteiger partial charge is 0.397 e. The van der Waals surface area contributed by atoms with Crippen LogP contribution in [0.2, 0.25) is 5.02 Å². The Morgan fingerprint density at radius 1 is 1.24 bits per heavy atom. The number of nitrogens with zero attached hydrogens (tertiary/aromatic N) is 1. The molecule has 2 aromatic carbocycles. The number of benzene rings is 2. The Morgan fingerprint density at radius 2 is 1.95 bits per heavy atom. The van der Waals surface area contributed by atoms with Gasteiger partial charge < -0.3 is 5.73 Å². The second-order valence-electron chi connectivity index (χ2n) is 4.43. The number of rotatable bonds is 3. The second kappa shape index (κ2) is 5.64. The van der Waals surface area contributed by atoms with E-state index in [1.54, 1.807) is 6.92 Å². The molecule has 0 amide bonds. The van der Waals surface area contributed by atoms with Gasteiger partial charge in [0.1, 0.15) is 0 Å². The minimum Gasteiger partial charge on any atom is -0.397 e. The number of nitrogen functional groups attached to an aromatic ring is 1. The molecular formula is C14H12ClN3O2S. The maximum absolute atomic E-state index is 12.4. The van der Waals surface area contributed by atoms with Crippen molar-refractivity contribution in [1.29, 1.82) is 5.26 Å². The van der Waals surface area contributed by atoms with E-state index in [-0.39, 0.29) is 10.6 Å². The highest BCUT2D eigenvalue weighted by molar-refractivity contribution is 7.92. The predicted molar refractivity (Wildman–Crippen MR) is 82.6 cm³/mol. The van der Waals surface area contributed by atoms with E-state index in [4.69, 9.17) is 22.6 Å². The number of hydrogen-bond donors (Lipinski definition) is 2. The average Bonchev–Trinajstić information content (AvgIpc) is 2.42. The fourth-order valence-electron chi connectivity index (χ4n) is 1.84. The lowest BCUT2D eigenvalue weighted by molar-refractivity contribution is 0.600. The van der Waals surface area contributed by atoms with Gasteiger partial charge in [0.05, 0.1) is 32.9 Å². The molecule has 2 rings (SSSR count). The van der Waals surface area contributed by atoms with Crippen LogP contribution in [-0.2, 0) is 10.0 Å². The zero-order valence-corrected chi connectivity index (χ0v) is 12.7. The molecule has 0 aliphatic heterocycles. The van der Waals surface area contributed by atoms with Gasteiger partial charge in [-0.15, -0.1) is 0 Å². The van der Waals surface area contributed by atoms with Crippen LogP contribution in [0.5, 0.6) is 0 Å². The summed E-state index contributed by atoms with van der Waals surface area (Å²) in [6.45, 7) is 1.63.